The van der Waals surface area contributed by atoms with Gasteiger partial charge in [0.05, 0.1) is 6.04 Å². The fraction of sp³-hybridized carbons (Fsp3) is 0.478. The zero-order valence-corrected chi connectivity index (χ0v) is 17.9. The Kier molecular flexibility index (Phi) is 5.90. The van der Waals surface area contributed by atoms with Crippen LogP contribution in [-0.2, 0) is 16.0 Å². The van der Waals surface area contributed by atoms with Gasteiger partial charge in [0, 0.05) is 23.9 Å². The number of hydrogen-bond donors (Lipinski definition) is 0. The normalized spacial score (nSPS) is 18.3. The first-order chi connectivity index (χ1) is 14.1. The molecule has 1 atom stereocenters. The summed E-state index contributed by atoms with van der Waals surface area (Å²) in [6.07, 6.45) is 3.32. The van der Waals surface area contributed by atoms with E-state index >= 15 is 0 Å². The predicted molar refractivity (Wildman–Crippen MR) is 114 cm³/mol. The Hall–Kier alpha value is -2.34. The Morgan fingerprint density at radius 3 is 2.66 bits per heavy atom. The Bertz CT molecular complexity index is 873. The maximum atomic E-state index is 13.2. The lowest BCUT2D eigenvalue weighted by Gasteiger charge is -2.37. The van der Waals surface area contributed by atoms with E-state index in [1.165, 1.54) is 16.0 Å². The van der Waals surface area contributed by atoms with Crippen molar-refractivity contribution in [2.24, 2.45) is 0 Å². The molecule has 0 saturated heterocycles. The van der Waals surface area contributed by atoms with Crippen LogP contribution < -0.4 is 4.74 Å². The van der Waals surface area contributed by atoms with E-state index in [2.05, 4.69) is 11.4 Å². The van der Waals surface area contributed by atoms with Gasteiger partial charge in [0.2, 0.25) is 11.8 Å². The zero-order valence-electron chi connectivity index (χ0n) is 17.1. The lowest BCUT2D eigenvalue weighted by atomic mass is 10.0. The molecule has 1 aromatic carbocycles. The number of aryl methyl sites for hydroxylation is 1. The van der Waals surface area contributed by atoms with Crippen LogP contribution in [0.2, 0.25) is 0 Å². The maximum absolute atomic E-state index is 13.2. The van der Waals surface area contributed by atoms with Gasteiger partial charge >= 0.3 is 0 Å². The van der Waals surface area contributed by atoms with Crippen LogP contribution in [0.1, 0.15) is 48.2 Å². The fourth-order valence-corrected chi connectivity index (χ4v) is 4.86. The van der Waals surface area contributed by atoms with Gasteiger partial charge in [-0.1, -0.05) is 24.6 Å². The molecule has 0 unspecified atom stereocenters. The van der Waals surface area contributed by atoms with Crippen molar-refractivity contribution in [2.75, 3.05) is 19.7 Å². The van der Waals surface area contributed by atoms with Gasteiger partial charge in [-0.3, -0.25) is 9.59 Å². The van der Waals surface area contributed by atoms with Crippen molar-refractivity contribution in [3.05, 3.63) is 51.7 Å². The molecule has 0 spiro atoms. The van der Waals surface area contributed by atoms with Crippen molar-refractivity contribution in [2.45, 2.75) is 51.6 Å². The molecule has 2 heterocycles. The molecule has 0 N–H and O–H groups in total. The molecule has 6 heteroatoms. The van der Waals surface area contributed by atoms with Crippen molar-refractivity contribution < 1.29 is 14.3 Å². The second kappa shape index (κ2) is 8.57. The van der Waals surface area contributed by atoms with E-state index < -0.39 is 0 Å². The minimum Gasteiger partial charge on any atom is -0.491 e. The molecule has 1 fully saturated rings. The van der Waals surface area contributed by atoms with Gasteiger partial charge < -0.3 is 14.5 Å². The standard InChI is InChI=1S/C23H28N2O3S/c1-3-22(26)25(17-6-7-17)14-23(27)24-12-10-21-19(11-13-29-21)20(24)15-28-18-8-4-16(2)5-9-18/h4-5,8-9,11,13,17,20H,3,6-7,10,12,14-15H2,1-2H3/t20-/m0/s1. The summed E-state index contributed by atoms with van der Waals surface area (Å²) >= 11 is 1.75. The lowest BCUT2D eigenvalue weighted by molar-refractivity contribution is -0.143. The van der Waals surface area contributed by atoms with E-state index in [0.29, 0.717) is 19.6 Å². The summed E-state index contributed by atoms with van der Waals surface area (Å²) in [5.74, 6) is 0.903. The molecule has 0 bridgehead atoms. The largest absolute Gasteiger partial charge is 0.491 e. The molecule has 2 amide bonds. The van der Waals surface area contributed by atoms with E-state index in [-0.39, 0.29) is 30.4 Å². The number of benzene rings is 1. The minimum atomic E-state index is -0.114. The summed E-state index contributed by atoms with van der Waals surface area (Å²) in [4.78, 5) is 30.6. The number of rotatable bonds is 7. The van der Waals surface area contributed by atoms with Gasteiger partial charge in [-0.15, -0.1) is 11.3 Å². The molecule has 29 heavy (non-hydrogen) atoms. The minimum absolute atomic E-state index is 0.0213. The third-order valence-corrected chi connectivity index (χ3v) is 6.76. The van der Waals surface area contributed by atoms with Gasteiger partial charge in [0.25, 0.3) is 0 Å². The molecule has 1 aliphatic heterocycles. The van der Waals surface area contributed by atoms with Gasteiger partial charge in [0.15, 0.2) is 0 Å². The van der Waals surface area contributed by atoms with Crippen LogP contribution in [0.15, 0.2) is 35.7 Å². The summed E-state index contributed by atoms with van der Waals surface area (Å²) in [5, 5.41) is 2.09. The highest BCUT2D eigenvalue weighted by Gasteiger charge is 2.37. The predicted octanol–water partition coefficient (Wildman–Crippen LogP) is 3.96. The van der Waals surface area contributed by atoms with Crippen molar-refractivity contribution in [1.82, 2.24) is 9.80 Å². The highest BCUT2D eigenvalue weighted by Crippen LogP contribution is 2.35. The SMILES string of the molecule is CCC(=O)N(CC(=O)N1CCc2sccc2[C@@H]1COc1ccc(C)cc1)C1CC1. The van der Waals surface area contributed by atoms with Crippen molar-refractivity contribution in [1.29, 1.82) is 0 Å². The number of amides is 2. The average Bonchev–Trinajstić information content (AvgIpc) is 3.46. The van der Waals surface area contributed by atoms with E-state index in [1.54, 1.807) is 16.2 Å². The average molecular weight is 413 g/mol. The van der Waals surface area contributed by atoms with E-state index in [0.717, 1.165) is 25.0 Å². The number of carbonyl (C=O) groups excluding carboxylic acids is 2. The first kappa shape index (κ1) is 20.0. The maximum Gasteiger partial charge on any atom is 0.242 e. The van der Waals surface area contributed by atoms with Gasteiger partial charge in [-0.25, -0.2) is 0 Å². The molecule has 154 valence electrons. The van der Waals surface area contributed by atoms with E-state index in [9.17, 15) is 9.59 Å². The number of ether oxygens (including phenoxy) is 1. The Balaban J connectivity index is 1.50. The van der Waals surface area contributed by atoms with Crippen LogP contribution >= 0.6 is 11.3 Å². The number of hydrogen-bond acceptors (Lipinski definition) is 4. The smallest absolute Gasteiger partial charge is 0.242 e. The topological polar surface area (TPSA) is 49.9 Å². The molecular weight excluding hydrogens is 384 g/mol. The highest BCUT2D eigenvalue weighted by molar-refractivity contribution is 7.10. The number of thiophene rings is 1. The van der Waals surface area contributed by atoms with Crippen molar-refractivity contribution in [3.63, 3.8) is 0 Å². The first-order valence-corrected chi connectivity index (χ1v) is 11.3. The molecule has 1 saturated carbocycles. The van der Waals surface area contributed by atoms with Crippen LogP contribution in [0.4, 0.5) is 0 Å². The molecular formula is C23H28N2O3S. The second-order valence-electron chi connectivity index (χ2n) is 7.88. The van der Waals surface area contributed by atoms with Crippen LogP contribution in [0, 0.1) is 6.92 Å². The summed E-state index contributed by atoms with van der Waals surface area (Å²) in [6, 6.07) is 10.2. The third kappa shape index (κ3) is 4.47. The van der Waals surface area contributed by atoms with Crippen molar-refractivity contribution in [3.8, 4) is 5.75 Å². The first-order valence-electron chi connectivity index (χ1n) is 10.4. The van der Waals surface area contributed by atoms with Crippen LogP contribution in [-0.4, -0.2) is 47.4 Å². The van der Waals surface area contributed by atoms with Gasteiger partial charge in [0.1, 0.15) is 18.9 Å². The molecule has 5 nitrogen and oxygen atoms in total. The quantitative estimate of drug-likeness (QED) is 0.692. The number of fused-ring (bicyclic) bond motifs is 1. The van der Waals surface area contributed by atoms with Crippen LogP contribution in [0.5, 0.6) is 5.75 Å². The summed E-state index contributed by atoms with van der Waals surface area (Å²) in [5.41, 5.74) is 2.37. The van der Waals surface area contributed by atoms with Gasteiger partial charge in [-0.2, -0.15) is 0 Å². The number of carbonyl (C=O) groups is 2. The monoisotopic (exact) mass is 412 g/mol. The van der Waals surface area contributed by atoms with Crippen molar-refractivity contribution >= 4 is 23.2 Å². The Morgan fingerprint density at radius 1 is 1.21 bits per heavy atom. The van der Waals surface area contributed by atoms with E-state index in [1.807, 2.05) is 43.0 Å². The molecule has 2 aromatic rings. The summed E-state index contributed by atoms with van der Waals surface area (Å²) in [6.45, 7) is 5.18. The van der Waals surface area contributed by atoms with E-state index in [4.69, 9.17) is 4.74 Å². The molecule has 1 aromatic heterocycles. The molecule has 2 aliphatic rings. The van der Waals surface area contributed by atoms with Crippen LogP contribution in [0.3, 0.4) is 0 Å². The molecule has 0 radical (unpaired) electrons. The molecule has 4 rings (SSSR count). The molecule has 1 aliphatic carbocycles. The zero-order chi connectivity index (χ0) is 20.4. The summed E-state index contributed by atoms with van der Waals surface area (Å²) < 4.78 is 6.07. The lowest BCUT2D eigenvalue weighted by Crippen LogP contribution is -2.48. The second-order valence-corrected chi connectivity index (χ2v) is 8.88. The highest BCUT2D eigenvalue weighted by atomic mass is 32.1. The van der Waals surface area contributed by atoms with Crippen LogP contribution in [0.25, 0.3) is 0 Å². The summed E-state index contributed by atoms with van der Waals surface area (Å²) in [7, 11) is 0. The van der Waals surface area contributed by atoms with Gasteiger partial charge in [-0.05, 0) is 55.3 Å². The number of nitrogens with zero attached hydrogens (tertiary/aromatic N) is 2. The Morgan fingerprint density at radius 2 is 1.97 bits per heavy atom. The Labute approximate surface area is 176 Å². The third-order valence-electron chi connectivity index (χ3n) is 5.76. The fourth-order valence-electron chi connectivity index (χ4n) is 3.93.